The molecule has 0 saturated carbocycles. The second-order valence-electron chi connectivity index (χ2n) is 6.79. The number of aliphatic imine (C=N–C) groups is 1. The molecule has 0 aliphatic carbocycles. The van der Waals surface area contributed by atoms with Gasteiger partial charge in [0.05, 0.1) is 16.8 Å². The summed E-state index contributed by atoms with van der Waals surface area (Å²) in [5.41, 5.74) is 15.8. The van der Waals surface area contributed by atoms with Crippen molar-refractivity contribution in [2.24, 2.45) is 10.7 Å². The molecule has 8 heteroatoms. The van der Waals surface area contributed by atoms with Gasteiger partial charge in [0.2, 0.25) is 0 Å². The van der Waals surface area contributed by atoms with E-state index < -0.39 is 0 Å². The van der Waals surface area contributed by atoms with Crippen molar-refractivity contribution in [3.63, 3.8) is 0 Å². The number of hydrogen-bond acceptors (Lipinski definition) is 6. The monoisotopic (exact) mass is 426 g/mol. The van der Waals surface area contributed by atoms with Crippen LogP contribution in [0.1, 0.15) is 45.3 Å². The number of nitrogens with two attached hydrogens (primary N) is 2. The molecule has 2 rings (SSSR count). The Balaban J connectivity index is 2.01. The van der Waals surface area contributed by atoms with Crippen molar-refractivity contribution >= 4 is 29.5 Å². The van der Waals surface area contributed by atoms with Crippen molar-refractivity contribution in [2.75, 3.05) is 12.8 Å². The van der Waals surface area contributed by atoms with Crippen LogP contribution in [0.5, 0.6) is 0 Å². The summed E-state index contributed by atoms with van der Waals surface area (Å²) in [7, 11) is 1.65. The Morgan fingerprint density at radius 1 is 1.37 bits per heavy atom. The van der Waals surface area contributed by atoms with Crippen LogP contribution in [-0.4, -0.2) is 29.1 Å². The Morgan fingerprint density at radius 2 is 2.13 bits per heavy atom. The molecule has 30 heavy (non-hydrogen) atoms. The molecule has 0 aliphatic rings. The normalized spacial score (nSPS) is 13.2. The van der Waals surface area contributed by atoms with Crippen LogP contribution in [0.3, 0.4) is 0 Å². The van der Waals surface area contributed by atoms with Gasteiger partial charge in [0, 0.05) is 37.3 Å². The summed E-state index contributed by atoms with van der Waals surface area (Å²) >= 11 is 5.93. The van der Waals surface area contributed by atoms with Crippen LogP contribution < -0.4 is 16.8 Å². The minimum absolute atomic E-state index is 0.203. The second-order valence-corrected chi connectivity index (χ2v) is 7.23. The fraction of sp³-hybridized carbons (Fsp3) is 0.273. The van der Waals surface area contributed by atoms with Gasteiger partial charge in [0.1, 0.15) is 5.82 Å². The van der Waals surface area contributed by atoms with E-state index in [1.54, 1.807) is 43.7 Å². The van der Waals surface area contributed by atoms with Crippen LogP contribution in [0.4, 0.5) is 5.82 Å². The first-order valence-corrected chi connectivity index (χ1v) is 9.86. The summed E-state index contributed by atoms with van der Waals surface area (Å²) < 4.78 is 0. The number of aromatic nitrogens is 2. The predicted molar refractivity (Wildman–Crippen MR) is 123 cm³/mol. The number of carbonyl (C=O) groups is 1. The number of nitrogens with zero attached hydrogens (tertiary/aromatic N) is 3. The van der Waals surface area contributed by atoms with Gasteiger partial charge in [0.15, 0.2) is 0 Å². The molecule has 0 spiro atoms. The smallest absolute Gasteiger partial charge is 0.251 e. The fourth-order valence-electron chi connectivity index (χ4n) is 2.89. The average Bonchev–Trinajstić information content (AvgIpc) is 2.70. The summed E-state index contributed by atoms with van der Waals surface area (Å²) in [5.74, 6) is 0.267. The summed E-state index contributed by atoms with van der Waals surface area (Å²) in [4.78, 5) is 25.0. The Bertz CT molecular complexity index is 960. The van der Waals surface area contributed by atoms with Gasteiger partial charge in [0.25, 0.3) is 5.91 Å². The molecule has 0 aliphatic heterocycles. The second kappa shape index (κ2) is 11.2. The lowest BCUT2D eigenvalue weighted by Crippen LogP contribution is -2.24. The number of nitrogen functional groups attached to an aromatic ring is 1. The van der Waals surface area contributed by atoms with Crippen molar-refractivity contribution in [1.29, 1.82) is 0 Å². The highest BCUT2D eigenvalue weighted by molar-refractivity contribution is 6.39. The molecule has 2 aromatic heterocycles. The van der Waals surface area contributed by atoms with Crippen molar-refractivity contribution in [3.8, 4) is 0 Å². The molecule has 0 saturated heterocycles. The van der Waals surface area contributed by atoms with Gasteiger partial charge < -0.3 is 16.8 Å². The van der Waals surface area contributed by atoms with Crippen LogP contribution in [0.2, 0.25) is 0 Å². The maximum atomic E-state index is 12.6. The van der Waals surface area contributed by atoms with E-state index in [9.17, 15) is 4.79 Å². The van der Waals surface area contributed by atoms with E-state index in [-0.39, 0.29) is 11.9 Å². The van der Waals surface area contributed by atoms with Gasteiger partial charge in [-0.1, -0.05) is 23.8 Å². The maximum absolute atomic E-state index is 12.6. The molecule has 5 N–H and O–H groups in total. The number of halogens is 1. The van der Waals surface area contributed by atoms with Gasteiger partial charge in [-0.3, -0.25) is 14.8 Å². The molecule has 0 bridgehead atoms. The molecule has 158 valence electrons. The first-order valence-electron chi connectivity index (χ1n) is 9.48. The number of amides is 1. The van der Waals surface area contributed by atoms with E-state index in [0.29, 0.717) is 35.1 Å². The van der Waals surface area contributed by atoms with Crippen molar-refractivity contribution in [2.45, 2.75) is 32.9 Å². The Kier molecular flexibility index (Phi) is 8.70. The largest absolute Gasteiger partial charge is 0.384 e. The topological polar surface area (TPSA) is 119 Å². The standard InChI is InChI=1S/C22H27ClN6O/c1-14-10-21(25)29-15(2)18(14)13-28-22(30)16-8-9-27-20(11-16)19(24)7-5-4-6-17(23)12-26-3/h4-6,8-12,19H,7,13,24H2,1-3H3,(H2,25,29)(H,28,30)/b5-4+,17-6+,26-12?. The number of rotatable bonds is 8. The average molecular weight is 427 g/mol. The van der Waals surface area contributed by atoms with Gasteiger partial charge in [-0.2, -0.15) is 0 Å². The van der Waals surface area contributed by atoms with Crippen LogP contribution in [0.15, 0.2) is 52.6 Å². The number of nitrogens with one attached hydrogen (secondary N) is 1. The van der Waals surface area contributed by atoms with E-state index >= 15 is 0 Å². The molecule has 0 radical (unpaired) electrons. The lowest BCUT2D eigenvalue weighted by Gasteiger charge is -2.13. The van der Waals surface area contributed by atoms with E-state index in [1.807, 2.05) is 26.0 Å². The van der Waals surface area contributed by atoms with Crippen LogP contribution in [-0.2, 0) is 6.54 Å². The minimum Gasteiger partial charge on any atom is -0.384 e. The zero-order valence-electron chi connectivity index (χ0n) is 17.4. The molecule has 1 unspecified atom stereocenters. The maximum Gasteiger partial charge on any atom is 0.251 e. The lowest BCUT2D eigenvalue weighted by molar-refractivity contribution is 0.0950. The highest BCUT2D eigenvalue weighted by atomic mass is 35.5. The van der Waals surface area contributed by atoms with E-state index in [4.69, 9.17) is 23.1 Å². The highest BCUT2D eigenvalue weighted by Crippen LogP contribution is 2.16. The number of allylic oxidation sites excluding steroid dienone is 3. The molecule has 1 amide bonds. The predicted octanol–water partition coefficient (Wildman–Crippen LogP) is 3.38. The van der Waals surface area contributed by atoms with Gasteiger partial charge in [-0.25, -0.2) is 4.98 Å². The van der Waals surface area contributed by atoms with Crippen molar-refractivity contribution < 1.29 is 4.79 Å². The zero-order valence-corrected chi connectivity index (χ0v) is 18.1. The number of anilines is 1. The van der Waals surface area contributed by atoms with E-state index in [2.05, 4.69) is 20.3 Å². The van der Waals surface area contributed by atoms with Gasteiger partial charge in [-0.15, -0.1) is 0 Å². The summed E-state index contributed by atoms with van der Waals surface area (Å²) in [5, 5.41) is 3.45. The number of pyridine rings is 2. The SMILES string of the molecule is CN=C/C(Cl)=C\C=C\CC(N)c1cc(C(=O)NCc2c(C)cc(N)nc2C)ccn1. The van der Waals surface area contributed by atoms with Crippen molar-refractivity contribution in [1.82, 2.24) is 15.3 Å². The third-order valence-corrected chi connectivity index (χ3v) is 4.68. The van der Waals surface area contributed by atoms with Crippen LogP contribution in [0.25, 0.3) is 0 Å². The van der Waals surface area contributed by atoms with E-state index in [0.717, 1.165) is 16.8 Å². The third kappa shape index (κ3) is 6.79. The van der Waals surface area contributed by atoms with Gasteiger partial charge in [-0.05, 0) is 55.7 Å². The molecule has 0 fully saturated rings. The Labute approximate surface area is 182 Å². The molecular weight excluding hydrogens is 400 g/mol. The molecule has 7 nitrogen and oxygen atoms in total. The molecular formula is C22H27ClN6O. The van der Waals surface area contributed by atoms with E-state index in [1.165, 1.54) is 0 Å². The first-order chi connectivity index (χ1) is 14.3. The molecule has 1 atom stereocenters. The van der Waals surface area contributed by atoms with Crippen molar-refractivity contribution in [3.05, 3.63) is 75.7 Å². The third-order valence-electron chi connectivity index (χ3n) is 4.46. The first kappa shape index (κ1) is 23.3. The fourth-order valence-corrected chi connectivity index (χ4v) is 3.06. The molecule has 0 aromatic carbocycles. The quantitative estimate of drug-likeness (QED) is 0.441. The van der Waals surface area contributed by atoms with Gasteiger partial charge >= 0.3 is 0 Å². The number of aryl methyl sites for hydroxylation is 2. The number of hydrogen-bond donors (Lipinski definition) is 3. The Morgan fingerprint density at radius 3 is 2.83 bits per heavy atom. The highest BCUT2D eigenvalue weighted by Gasteiger charge is 2.12. The van der Waals surface area contributed by atoms with Crippen LogP contribution >= 0.6 is 11.6 Å². The summed E-state index contributed by atoms with van der Waals surface area (Å²) in [6, 6.07) is 4.83. The molecule has 2 aromatic rings. The molecule has 2 heterocycles. The summed E-state index contributed by atoms with van der Waals surface area (Å²) in [6.07, 6.45) is 9.13. The number of carbonyl (C=O) groups excluding carboxylic acids is 1. The van der Waals surface area contributed by atoms with Crippen LogP contribution in [0, 0.1) is 13.8 Å². The lowest BCUT2D eigenvalue weighted by atomic mass is 10.1. The summed E-state index contributed by atoms with van der Waals surface area (Å²) in [6.45, 7) is 4.19. The Hall–Kier alpha value is -3.03. The minimum atomic E-state index is -0.341. The zero-order chi connectivity index (χ0) is 22.1.